The van der Waals surface area contributed by atoms with E-state index in [1.165, 1.54) is 0 Å². The van der Waals surface area contributed by atoms with Gasteiger partial charge in [0.05, 0.1) is 27.0 Å². The highest BCUT2D eigenvalue weighted by Crippen LogP contribution is 2.28. The van der Waals surface area contributed by atoms with E-state index < -0.39 is 0 Å². The van der Waals surface area contributed by atoms with Crippen molar-refractivity contribution in [2.45, 2.75) is 66.5 Å². The molecule has 2 rings (SSSR count). The quantitative estimate of drug-likeness (QED) is 0.438. The molecule has 0 aliphatic rings. The van der Waals surface area contributed by atoms with Gasteiger partial charge in [-0.1, -0.05) is 33.8 Å². The van der Waals surface area contributed by atoms with Gasteiger partial charge in [0.15, 0.2) is 11.5 Å². The Morgan fingerprint density at radius 2 is 1.76 bits per heavy atom. The highest BCUT2D eigenvalue weighted by atomic mass is 16.5. The van der Waals surface area contributed by atoms with Gasteiger partial charge < -0.3 is 23.7 Å². The van der Waals surface area contributed by atoms with Gasteiger partial charge in [-0.3, -0.25) is 9.59 Å². The summed E-state index contributed by atoms with van der Waals surface area (Å²) in [6, 6.07) is 9.40. The highest BCUT2D eigenvalue weighted by Gasteiger charge is 2.28. The van der Waals surface area contributed by atoms with Gasteiger partial charge in [0.1, 0.15) is 12.3 Å². The first-order chi connectivity index (χ1) is 16.1. The summed E-state index contributed by atoms with van der Waals surface area (Å²) < 4.78 is 16.2. The van der Waals surface area contributed by atoms with Crippen molar-refractivity contribution in [2.75, 3.05) is 27.3 Å². The molecule has 0 saturated heterocycles. The molecule has 7 heteroatoms. The van der Waals surface area contributed by atoms with Crippen LogP contribution in [0.2, 0.25) is 0 Å². The van der Waals surface area contributed by atoms with Crippen molar-refractivity contribution >= 4 is 11.8 Å². The number of methoxy groups -OCH3 is 2. The first kappa shape index (κ1) is 27.3. The number of ether oxygens (including phenoxy) is 2. The summed E-state index contributed by atoms with van der Waals surface area (Å²) in [4.78, 5) is 30.0. The summed E-state index contributed by atoms with van der Waals surface area (Å²) in [6.45, 7) is 11.0. The van der Waals surface area contributed by atoms with Crippen LogP contribution in [0.4, 0.5) is 0 Å². The lowest BCUT2D eigenvalue weighted by Gasteiger charge is -2.33. The van der Waals surface area contributed by atoms with Crippen molar-refractivity contribution < 1.29 is 23.5 Å². The van der Waals surface area contributed by atoms with E-state index in [1.54, 1.807) is 30.3 Å². The predicted octanol–water partition coefficient (Wildman–Crippen LogP) is 4.93. The highest BCUT2D eigenvalue weighted by molar-refractivity contribution is 5.85. The summed E-state index contributed by atoms with van der Waals surface area (Å²) in [5, 5.41) is 0. The monoisotopic (exact) mass is 472 g/mol. The Bertz CT molecular complexity index is 918. The Labute approximate surface area is 204 Å². The van der Waals surface area contributed by atoms with Crippen molar-refractivity contribution in [1.29, 1.82) is 0 Å². The lowest BCUT2D eigenvalue weighted by Crippen LogP contribution is -2.47. The van der Waals surface area contributed by atoms with Crippen LogP contribution in [0.5, 0.6) is 11.5 Å². The van der Waals surface area contributed by atoms with E-state index >= 15 is 0 Å². The standard InChI is InChI=1S/C27H40N2O5/c1-8-20(2)29(25(30)17-27(3,4)5)19-26(31)28(18-22-10-9-15-34-22)14-13-21-11-12-23(32-6)24(16-21)33-7/h9-12,15-16,20H,8,13-14,17-19H2,1-7H3. The lowest BCUT2D eigenvalue weighted by molar-refractivity contribution is -0.144. The van der Waals surface area contributed by atoms with Gasteiger partial charge in [-0.2, -0.15) is 0 Å². The van der Waals surface area contributed by atoms with Crippen molar-refractivity contribution in [3.8, 4) is 11.5 Å². The largest absolute Gasteiger partial charge is 0.493 e. The summed E-state index contributed by atoms with van der Waals surface area (Å²) >= 11 is 0. The summed E-state index contributed by atoms with van der Waals surface area (Å²) in [6.07, 6.45) is 3.41. The molecule has 2 amide bonds. The molecular formula is C27H40N2O5. The number of benzene rings is 1. The molecule has 0 fully saturated rings. The summed E-state index contributed by atoms with van der Waals surface area (Å²) in [7, 11) is 3.21. The molecule has 1 aromatic heterocycles. The van der Waals surface area contributed by atoms with Gasteiger partial charge in [-0.15, -0.1) is 0 Å². The predicted molar refractivity (Wildman–Crippen MR) is 133 cm³/mol. The van der Waals surface area contributed by atoms with E-state index in [0.717, 1.165) is 12.0 Å². The molecule has 0 radical (unpaired) electrons. The van der Waals surface area contributed by atoms with Crippen molar-refractivity contribution in [3.05, 3.63) is 47.9 Å². The summed E-state index contributed by atoms with van der Waals surface area (Å²) in [5.74, 6) is 1.93. The molecule has 7 nitrogen and oxygen atoms in total. The van der Waals surface area contributed by atoms with Crippen molar-refractivity contribution in [3.63, 3.8) is 0 Å². The fourth-order valence-electron chi connectivity index (χ4n) is 3.69. The molecule has 188 valence electrons. The van der Waals surface area contributed by atoms with Crippen molar-refractivity contribution in [1.82, 2.24) is 9.80 Å². The average Bonchev–Trinajstić information content (AvgIpc) is 3.31. The fourth-order valence-corrected chi connectivity index (χ4v) is 3.69. The average molecular weight is 473 g/mol. The Balaban J connectivity index is 2.19. The molecule has 1 heterocycles. The Morgan fingerprint density at radius 3 is 2.32 bits per heavy atom. The molecule has 0 aliphatic carbocycles. The van der Waals surface area contributed by atoms with E-state index in [0.29, 0.717) is 43.2 Å². The third-order valence-electron chi connectivity index (χ3n) is 5.83. The number of nitrogens with zero attached hydrogens (tertiary/aromatic N) is 2. The third-order valence-corrected chi connectivity index (χ3v) is 5.83. The van der Waals surface area contributed by atoms with Gasteiger partial charge in [0.2, 0.25) is 11.8 Å². The molecule has 1 atom stereocenters. The first-order valence-corrected chi connectivity index (χ1v) is 11.9. The Morgan fingerprint density at radius 1 is 1.06 bits per heavy atom. The second-order valence-electron chi connectivity index (χ2n) is 9.85. The normalized spacial score (nSPS) is 12.2. The van der Waals surface area contributed by atoms with Gasteiger partial charge in [-0.25, -0.2) is 0 Å². The number of hydrogen-bond donors (Lipinski definition) is 0. The SMILES string of the molecule is CCC(C)N(CC(=O)N(CCc1ccc(OC)c(OC)c1)Cc1ccco1)C(=O)CC(C)(C)C. The number of furan rings is 1. The zero-order valence-corrected chi connectivity index (χ0v) is 21.7. The second kappa shape index (κ2) is 12.5. The van der Waals surface area contributed by atoms with E-state index in [2.05, 4.69) is 0 Å². The van der Waals surface area contributed by atoms with E-state index in [-0.39, 0.29) is 29.8 Å². The van der Waals surface area contributed by atoms with Crippen LogP contribution in [-0.4, -0.2) is 55.0 Å². The minimum absolute atomic E-state index is 0.00744. The number of rotatable bonds is 12. The van der Waals surface area contributed by atoms with Crippen LogP contribution in [0, 0.1) is 5.41 Å². The van der Waals surface area contributed by atoms with Crippen LogP contribution in [0.15, 0.2) is 41.0 Å². The van der Waals surface area contributed by atoms with Crippen LogP contribution in [-0.2, 0) is 22.6 Å². The number of hydrogen-bond acceptors (Lipinski definition) is 5. The Kier molecular flexibility index (Phi) is 10.0. The zero-order chi connectivity index (χ0) is 25.3. The maximum atomic E-state index is 13.5. The van der Waals surface area contributed by atoms with Crippen LogP contribution < -0.4 is 9.47 Å². The number of amides is 2. The Hall–Kier alpha value is -2.96. The molecule has 0 bridgehead atoms. The lowest BCUT2D eigenvalue weighted by atomic mass is 9.91. The molecule has 2 aromatic rings. The molecule has 0 N–H and O–H groups in total. The maximum absolute atomic E-state index is 13.5. The van der Waals surface area contributed by atoms with Crippen LogP contribution in [0.1, 0.15) is 58.8 Å². The van der Waals surface area contributed by atoms with Gasteiger partial charge >= 0.3 is 0 Å². The maximum Gasteiger partial charge on any atom is 0.242 e. The molecule has 0 spiro atoms. The summed E-state index contributed by atoms with van der Waals surface area (Å²) in [5.41, 5.74) is 0.880. The minimum Gasteiger partial charge on any atom is -0.493 e. The molecule has 1 unspecified atom stereocenters. The van der Waals surface area contributed by atoms with Crippen molar-refractivity contribution in [2.24, 2.45) is 5.41 Å². The van der Waals surface area contributed by atoms with E-state index in [9.17, 15) is 9.59 Å². The van der Waals surface area contributed by atoms with Gasteiger partial charge in [0, 0.05) is 19.0 Å². The molecule has 0 aliphatic heterocycles. The van der Waals surface area contributed by atoms with Gasteiger partial charge in [0.25, 0.3) is 0 Å². The minimum atomic E-state index is -0.146. The van der Waals surface area contributed by atoms with Crippen LogP contribution in [0.3, 0.4) is 0 Å². The van der Waals surface area contributed by atoms with Crippen LogP contribution in [0.25, 0.3) is 0 Å². The molecule has 0 saturated carbocycles. The first-order valence-electron chi connectivity index (χ1n) is 11.9. The number of carbonyl (C=O) groups is 2. The fraction of sp³-hybridized carbons (Fsp3) is 0.556. The number of carbonyl (C=O) groups excluding carboxylic acids is 2. The van der Waals surface area contributed by atoms with E-state index in [1.807, 2.05) is 65.0 Å². The molecule has 34 heavy (non-hydrogen) atoms. The molecule has 1 aromatic carbocycles. The van der Waals surface area contributed by atoms with E-state index in [4.69, 9.17) is 13.9 Å². The van der Waals surface area contributed by atoms with Crippen LogP contribution >= 0.6 is 0 Å². The third kappa shape index (κ3) is 8.12. The zero-order valence-electron chi connectivity index (χ0n) is 21.7. The molecular weight excluding hydrogens is 432 g/mol. The smallest absolute Gasteiger partial charge is 0.242 e. The van der Waals surface area contributed by atoms with Gasteiger partial charge in [-0.05, 0) is 55.0 Å². The topological polar surface area (TPSA) is 72.2 Å². The second-order valence-corrected chi connectivity index (χ2v) is 9.85.